The third kappa shape index (κ3) is 4.51. The van der Waals surface area contributed by atoms with Crippen molar-refractivity contribution in [1.29, 1.82) is 0 Å². The van der Waals surface area contributed by atoms with Crippen molar-refractivity contribution < 1.29 is 9.53 Å². The number of benzene rings is 1. The molecule has 1 rings (SSSR count). The summed E-state index contributed by atoms with van der Waals surface area (Å²) in [7, 11) is 1.60. The molecule has 19 heavy (non-hydrogen) atoms. The number of ether oxygens (including phenoxy) is 1. The Morgan fingerprint density at radius 1 is 1.42 bits per heavy atom. The van der Waals surface area contributed by atoms with Crippen LogP contribution in [0.2, 0.25) is 0 Å². The highest BCUT2D eigenvalue weighted by Gasteiger charge is 2.17. The van der Waals surface area contributed by atoms with Crippen LogP contribution >= 0.6 is 15.9 Å². The second-order valence-corrected chi connectivity index (χ2v) is 5.25. The maximum atomic E-state index is 11.5. The highest BCUT2D eigenvalue weighted by molar-refractivity contribution is 9.10. The van der Waals surface area contributed by atoms with Crippen LogP contribution in [0.5, 0.6) is 5.75 Å². The molecule has 0 spiro atoms. The molecule has 2 N–H and O–H groups in total. The number of carbonyl (C=O) groups excluding carboxylic acids is 1. The van der Waals surface area contributed by atoms with Crippen LogP contribution in [-0.2, 0) is 4.79 Å². The van der Waals surface area contributed by atoms with Crippen LogP contribution in [0.1, 0.15) is 32.4 Å². The summed E-state index contributed by atoms with van der Waals surface area (Å²) >= 11 is 3.46. The largest absolute Gasteiger partial charge is 0.481 e. The van der Waals surface area contributed by atoms with Crippen molar-refractivity contribution in [2.45, 2.75) is 32.9 Å². The van der Waals surface area contributed by atoms with Crippen LogP contribution in [0.4, 0.5) is 0 Å². The van der Waals surface area contributed by atoms with Gasteiger partial charge in [-0.1, -0.05) is 22.9 Å². The number of likely N-dealkylation sites (N-methyl/N-ethyl adjacent to an activating group) is 1. The minimum Gasteiger partial charge on any atom is -0.481 e. The van der Waals surface area contributed by atoms with Crippen molar-refractivity contribution in [2.75, 3.05) is 13.6 Å². The number of amides is 1. The zero-order chi connectivity index (χ0) is 14.4. The first-order valence-corrected chi connectivity index (χ1v) is 7.20. The zero-order valence-electron chi connectivity index (χ0n) is 11.8. The molecular weight excluding hydrogens is 308 g/mol. The molecule has 4 nitrogen and oxygen atoms in total. The van der Waals surface area contributed by atoms with Crippen molar-refractivity contribution in [1.82, 2.24) is 10.6 Å². The molecular formula is C14H21BrN2O2. The highest BCUT2D eigenvalue weighted by atomic mass is 79.9. The molecule has 2 unspecified atom stereocenters. The molecule has 0 aromatic heterocycles. The molecule has 1 aromatic rings. The second-order valence-electron chi connectivity index (χ2n) is 4.34. The zero-order valence-corrected chi connectivity index (χ0v) is 13.4. The van der Waals surface area contributed by atoms with Crippen LogP contribution in [0.3, 0.4) is 0 Å². The van der Waals surface area contributed by atoms with E-state index in [0.29, 0.717) is 0 Å². The van der Waals surface area contributed by atoms with Gasteiger partial charge in [-0.05, 0) is 38.6 Å². The first-order valence-electron chi connectivity index (χ1n) is 6.40. The van der Waals surface area contributed by atoms with E-state index < -0.39 is 6.10 Å². The summed E-state index contributed by atoms with van der Waals surface area (Å²) in [6.07, 6.45) is -0.515. The van der Waals surface area contributed by atoms with Crippen molar-refractivity contribution in [3.8, 4) is 5.75 Å². The van der Waals surface area contributed by atoms with Crippen LogP contribution in [0.15, 0.2) is 22.7 Å². The van der Waals surface area contributed by atoms with E-state index in [1.807, 2.05) is 18.2 Å². The van der Waals surface area contributed by atoms with E-state index in [0.717, 1.165) is 22.3 Å². The maximum absolute atomic E-state index is 11.5. The summed E-state index contributed by atoms with van der Waals surface area (Å²) in [6.45, 7) is 6.74. The Kier molecular flexibility index (Phi) is 6.31. The Hall–Kier alpha value is -1.07. The first kappa shape index (κ1) is 16.0. The van der Waals surface area contributed by atoms with Gasteiger partial charge < -0.3 is 15.4 Å². The summed E-state index contributed by atoms with van der Waals surface area (Å²) in [4.78, 5) is 11.5. The third-order valence-electron chi connectivity index (χ3n) is 2.87. The van der Waals surface area contributed by atoms with Gasteiger partial charge in [-0.25, -0.2) is 0 Å². The summed E-state index contributed by atoms with van der Waals surface area (Å²) in [5.74, 6) is 0.595. The van der Waals surface area contributed by atoms with Gasteiger partial charge in [0.2, 0.25) is 0 Å². The molecule has 5 heteroatoms. The Morgan fingerprint density at radius 2 is 2.11 bits per heavy atom. The lowest BCUT2D eigenvalue weighted by molar-refractivity contribution is -0.126. The van der Waals surface area contributed by atoms with Crippen molar-refractivity contribution in [2.24, 2.45) is 0 Å². The maximum Gasteiger partial charge on any atom is 0.260 e. The fourth-order valence-corrected chi connectivity index (χ4v) is 2.21. The molecule has 0 fully saturated rings. The van der Waals surface area contributed by atoms with E-state index in [4.69, 9.17) is 4.74 Å². The lowest BCUT2D eigenvalue weighted by Crippen LogP contribution is -2.34. The number of nitrogens with one attached hydrogen (secondary N) is 2. The molecule has 0 aliphatic heterocycles. The number of hydrogen-bond donors (Lipinski definition) is 2. The highest BCUT2D eigenvalue weighted by Crippen LogP contribution is 2.29. The molecule has 0 saturated carbocycles. The quantitative estimate of drug-likeness (QED) is 0.844. The van der Waals surface area contributed by atoms with Gasteiger partial charge >= 0.3 is 0 Å². The van der Waals surface area contributed by atoms with Crippen LogP contribution in [0.25, 0.3) is 0 Å². The number of halogens is 1. The van der Waals surface area contributed by atoms with Crippen molar-refractivity contribution in [3.63, 3.8) is 0 Å². The molecule has 0 radical (unpaired) electrons. The average Bonchev–Trinajstić information content (AvgIpc) is 2.39. The van der Waals surface area contributed by atoms with Gasteiger partial charge in [-0.2, -0.15) is 0 Å². The van der Waals surface area contributed by atoms with Crippen LogP contribution in [-0.4, -0.2) is 25.6 Å². The van der Waals surface area contributed by atoms with Gasteiger partial charge in [0, 0.05) is 23.1 Å². The van der Waals surface area contributed by atoms with Crippen molar-refractivity contribution >= 4 is 21.8 Å². The summed E-state index contributed by atoms with van der Waals surface area (Å²) in [5.41, 5.74) is 1.03. The molecule has 106 valence electrons. The number of rotatable bonds is 6. The number of hydrogen-bond acceptors (Lipinski definition) is 3. The van der Waals surface area contributed by atoms with E-state index in [2.05, 4.69) is 40.4 Å². The predicted molar refractivity (Wildman–Crippen MR) is 80.4 cm³/mol. The van der Waals surface area contributed by atoms with Gasteiger partial charge in [0.05, 0.1) is 0 Å². The predicted octanol–water partition coefficient (Wildman–Crippen LogP) is 2.63. The van der Waals surface area contributed by atoms with E-state index in [9.17, 15) is 4.79 Å². The van der Waals surface area contributed by atoms with E-state index in [-0.39, 0.29) is 11.9 Å². The fraction of sp³-hybridized carbons (Fsp3) is 0.500. The Labute approximate surface area is 123 Å². The third-order valence-corrected chi connectivity index (χ3v) is 3.36. The molecule has 0 bridgehead atoms. The Bertz CT molecular complexity index is 437. The smallest absolute Gasteiger partial charge is 0.260 e. The molecule has 0 aliphatic rings. The summed E-state index contributed by atoms with van der Waals surface area (Å²) < 4.78 is 6.74. The lowest BCUT2D eigenvalue weighted by atomic mass is 10.1. The molecule has 1 amide bonds. The van der Waals surface area contributed by atoms with Crippen LogP contribution < -0.4 is 15.4 Å². The SMILES string of the molecule is CCNC(C)c1cc(Br)ccc1OC(C)C(=O)NC. The average molecular weight is 329 g/mol. The molecule has 0 aliphatic carbocycles. The molecule has 2 atom stereocenters. The van der Waals surface area contributed by atoms with Gasteiger partial charge in [-0.3, -0.25) is 4.79 Å². The van der Waals surface area contributed by atoms with E-state index in [1.54, 1.807) is 14.0 Å². The van der Waals surface area contributed by atoms with Gasteiger partial charge in [-0.15, -0.1) is 0 Å². The summed E-state index contributed by atoms with van der Waals surface area (Å²) in [5, 5.41) is 5.93. The lowest BCUT2D eigenvalue weighted by Gasteiger charge is -2.20. The Morgan fingerprint density at radius 3 is 2.68 bits per heavy atom. The topological polar surface area (TPSA) is 50.4 Å². The molecule has 0 saturated heterocycles. The van der Waals surface area contributed by atoms with E-state index >= 15 is 0 Å². The van der Waals surface area contributed by atoms with Crippen LogP contribution in [0, 0.1) is 0 Å². The fourth-order valence-electron chi connectivity index (χ4n) is 1.83. The van der Waals surface area contributed by atoms with Gasteiger partial charge in [0.15, 0.2) is 6.10 Å². The molecule has 0 heterocycles. The second kappa shape index (κ2) is 7.50. The molecule has 1 aromatic carbocycles. The number of carbonyl (C=O) groups is 1. The van der Waals surface area contributed by atoms with Gasteiger partial charge in [0.25, 0.3) is 5.91 Å². The minimum atomic E-state index is -0.515. The van der Waals surface area contributed by atoms with Gasteiger partial charge in [0.1, 0.15) is 5.75 Å². The standard InChI is InChI=1S/C14H21BrN2O2/c1-5-17-9(2)12-8-11(15)6-7-13(12)19-10(3)14(18)16-4/h6-10,17H,5H2,1-4H3,(H,16,18). The van der Waals surface area contributed by atoms with Crippen molar-refractivity contribution in [3.05, 3.63) is 28.2 Å². The monoisotopic (exact) mass is 328 g/mol. The minimum absolute atomic E-state index is 0.134. The first-order chi connectivity index (χ1) is 8.99. The summed E-state index contributed by atoms with van der Waals surface area (Å²) in [6, 6.07) is 5.97. The Balaban J connectivity index is 2.96. The normalized spacial score (nSPS) is 13.7. The van der Waals surface area contributed by atoms with E-state index in [1.165, 1.54) is 0 Å².